The van der Waals surface area contributed by atoms with E-state index in [4.69, 9.17) is 4.74 Å². The summed E-state index contributed by atoms with van der Waals surface area (Å²) in [5.41, 5.74) is 0.858. The fourth-order valence-electron chi connectivity index (χ4n) is 1.28. The molecule has 0 aliphatic carbocycles. The lowest BCUT2D eigenvalue weighted by atomic mass is 10.4. The van der Waals surface area contributed by atoms with E-state index in [1.807, 2.05) is 23.7 Å². The zero-order valence-electron chi connectivity index (χ0n) is 9.24. The van der Waals surface area contributed by atoms with Crippen LogP contribution in [0.15, 0.2) is 41.1 Å². The summed E-state index contributed by atoms with van der Waals surface area (Å²) in [7, 11) is 0. The van der Waals surface area contributed by atoms with E-state index >= 15 is 0 Å². The lowest BCUT2D eigenvalue weighted by molar-refractivity contribution is 0.162. The fourth-order valence-corrected chi connectivity index (χ4v) is 1.99. The molecule has 2 rings (SSSR count). The Labute approximate surface area is 102 Å². The Morgan fingerprint density at radius 1 is 1.65 bits per heavy atom. The molecule has 0 aliphatic rings. The lowest BCUT2D eigenvalue weighted by Crippen LogP contribution is -2.15. The first-order valence-corrected chi connectivity index (χ1v) is 5.97. The summed E-state index contributed by atoms with van der Waals surface area (Å²) in [4.78, 5) is 19.7. The number of amides is 1. The van der Waals surface area contributed by atoms with Crippen molar-refractivity contribution in [3.8, 4) is 5.69 Å². The van der Waals surface area contributed by atoms with Crippen molar-refractivity contribution in [3.05, 3.63) is 40.9 Å². The molecule has 1 amide bonds. The molecule has 0 saturated carbocycles. The van der Waals surface area contributed by atoms with Crippen LogP contribution in [0.25, 0.3) is 5.69 Å². The molecule has 0 radical (unpaired) electrons. The maximum atomic E-state index is 11.3. The molecule has 0 unspecified atom stereocenters. The predicted octanol–water partition coefficient (Wildman–Crippen LogP) is 1.99. The third-order valence-electron chi connectivity index (χ3n) is 1.97. The summed E-state index contributed by atoms with van der Waals surface area (Å²) in [6.45, 7) is 2.07. The normalized spacial score (nSPS) is 11.5. The molecule has 2 aromatic rings. The number of hydrogen-bond acceptors (Lipinski definition) is 4. The van der Waals surface area contributed by atoms with Crippen LogP contribution in [0.1, 0.15) is 6.92 Å². The standard InChI is InChI=1S/C11H11N3O2S/c1-2-16-11(15)13-10-14(6-7-17-10)9-4-3-5-12-8-9/h3-8H,2H2,1H3/b13-10-. The molecule has 6 heteroatoms. The first-order chi connectivity index (χ1) is 8.31. The van der Waals surface area contributed by atoms with Crippen molar-refractivity contribution in [1.29, 1.82) is 0 Å². The van der Waals surface area contributed by atoms with E-state index in [1.54, 1.807) is 23.9 Å². The number of aromatic nitrogens is 2. The quantitative estimate of drug-likeness (QED) is 0.817. The predicted molar refractivity (Wildman–Crippen MR) is 64.0 cm³/mol. The highest BCUT2D eigenvalue weighted by Crippen LogP contribution is 2.03. The molecule has 2 heterocycles. The van der Waals surface area contributed by atoms with E-state index < -0.39 is 6.09 Å². The molecule has 17 heavy (non-hydrogen) atoms. The Bertz CT molecular complexity index is 559. The molecule has 0 aliphatic heterocycles. The van der Waals surface area contributed by atoms with Crippen LogP contribution in [0, 0.1) is 0 Å². The first-order valence-electron chi connectivity index (χ1n) is 5.09. The summed E-state index contributed by atoms with van der Waals surface area (Å²) in [6.07, 6.45) is 4.66. The van der Waals surface area contributed by atoms with E-state index in [2.05, 4.69) is 9.98 Å². The fraction of sp³-hybridized carbons (Fsp3) is 0.182. The van der Waals surface area contributed by atoms with Crippen molar-refractivity contribution >= 4 is 17.4 Å². The van der Waals surface area contributed by atoms with E-state index in [0.717, 1.165) is 5.69 Å². The number of rotatable bonds is 2. The monoisotopic (exact) mass is 249 g/mol. The van der Waals surface area contributed by atoms with Gasteiger partial charge >= 0.3 is 6.09 Å². The largest absolute Gasteiger partial charge is 0.448 e. The van der Waals surface area contributed by atoms with Crippen molar-refractivity contribution < 1.29 is 9.53 Å². The zero-order valence-corrected chi connectivity index (χ0v) is 10.1. The van der Waals surface area contributed by atoms with Crippen LogP contribution in [0.4, 0.5) is 4.79 Å². The molecule has 88 valence electrons. The van der Waals surface area contributed by atoms with Crippen LogP contribution in [0.3, 0.4) is 0 Å². The number of carbonyl (C=O) groups is 1. The van der Waals surface area contributed by atoms with Crippen molar-refractivity contribution in [3.63, 3.8) is 0 Å². The van der Waals surface area contributed by atoms with Gasteiger partial charge in [0.25, 0.3) is 0 Å². The number of ether oxygens (including phenoxy) is 1. The number of nitrogens with zero attached hydrogens (tertiary/aromatic N) is 3. The maximum absolute atomic E-state index is 11.3. The van der Waals surface area contributed by atoms with Gasteiger partial charge in [0.2, 0.25) is 4.80 Å². The second kappa shape index (κ2) is 5.40. The summed E-state index contributed by atoms with van der Waals surface area (Å²) in [5.74, 6) is 0. The van der Waals surface area contributed by atoms with Crippen LogP contribution < -0.4 is 4.80 Å². The molecule has 0 aromatic carbocycles. The van der Waals surface area contributed by atoms with Crippen LogP contribution in [0.2, 0.25) is 0 Å². The van der Waals surface area contributed by atoms with Crippen LogP contribution in [-0.4, -0.2) is 22.3 Å². The molecule has 0 saturated heterocycles. The maximum Gasteiger partial charge on any atom is 0.436 e. The van der Waals surface area contributed by atoms with Crippen LogP contribution in [0.5, 0.6) is 0 Å². The number of carbonyl (C=O) groups excluding carboxylic acids is 1. The van der Waals surface area contributed by atoms with Crippen LogP contribution in [-0.2, 0) is 4.74 Å². The molecule has 0 bridgehead atoms. The van der Waals surface area contributed by atoms with Gasteiger partial charge in [-0.1, -0.05) is 0 Å². The third kappa shape index (κ3) is 2.79. The SMILES string of the molecule is CCOC(=O)/N=c1\sccn1-c1cccnc1. The summed E-state index contributed by atoms with van der Waals surface area (Å²) < 4.78 is 6.56. The van der Waals surface area contributed by atoms with Gasteiger partial charge < -0.3 is 4.74 Å². The Kier molecular flexibility index (Phi) is 3.66. The van der Waals surface area contributed by atoms with E-state index in [1.165, 1.54) is 11.3 Å². The average Bonchev–Trinajstić information content (AvgIpc) is 2.78. The summed E-state index contributed by atoms with van der Waals surface area (Å²) in [6, 6.07) is 3.72. The van der Waals surface area contributed by atoms with E-state index in [0.29, 0.717) is 11.4 Å². The van der Waals surface area contributed by atoms with Gasteiger partial charge in [-0.25, -0.2) is 4.79 Å². The molecule has 0 atom stereocenters. The Morgan fingerprint density at radius 2 is 2.53 bits per heavy atom. The number of pyridine rings is 1. The van der Waals surface area contributed by atoms with E-state index in [9.17, 15) is 4.79 Å². The molecular weight excluding hydrogens is 238 g/mol. The summed E-state index contributed by atoms with van der Waals surface area (Å²) >= 11 is 1.37. The van der Waals surface area contributed by atoms with Gasteiger partial charge in [-0.3, -0.25) is 9.55 Å². The Balaban J connectivity index is 2.39. The van der Waals surface area contributed by atoms with Gasteiger partial charge in [0, 0.05) is 17.8 Å². The minimum atomic E-state index is -0.576. The number of hydrogen-bond donors (Lipinski definition) is 0. The molecular formula is C11H11N3O2S. The lowest BCUT2D eigenvalue weighted by Gasteiger charge is -2.00. The van der Waals surface area contributed by atoms with E-state index in [-0.39, 0.29) is 0 Å². The molecule has 0 spiro atoms. The van der Waals surface area contributed by atoms with Gasteiger partial charge in [0.1, 0.15) is 0 Å². The smallest absolute Gasteiger partial charge is 0.436 e. The van der Waals surface area contributed by atoms with Crippen molar-refractivity contribution in [1.82, 2.24) is 9.55 Å². The second-order valence-corrected chi connectivity index (χ2v) is 3.95. The topological polar surface area (TPSA) is 56.5 Å². The highest BCUT2D eigenvalue weighted by molar-refractivity contribution is 7.07. The minimum absolute atomic E-state index is 0.320. The molecule has 5 nitrogen and oxygen atoms in total. The highest BCUT2D eigenvalue weighted by atomic mass is 32.1. The molecule has 0 N–H and O–H groups in total. The first kappa shape index (κ1) is 11.5. The zero-order chi connectivity index (χ0) is 12.1. The summed E-state index contributed by atoms with van der Waals surface area (Å²) in [5, 5.41) is 1.85. The van der Waals surface area contributed by atoms with Gasteiger partial charge in [0.15, 0.2) is 0 Å². The van der Waals surface area contributed by atoms with Gasteiger partial charge in [-0.2, -0.15) is 0 Å². The van der Waals surface area contributed by atoms with Gasteiger partial charge in [-0.05, 0) is 19.1 Å². The van der Waals surface area contributed by atoms with Crippen molar-refractivity contribution in [2.75, 3.05) is 6.61 Å². The minimum Gasteiger partial charge on any atom is -0.448 e. The average molecular weight is 249 g/mol. The molecule has 0 fully saturated rings. The van der Waals surface area contributed by atoms with Gasteiger partial charge in [0.05, 0.1) is 18.5 Å². The molecule has 2 aromatic heterocycles. The third-order valence-corrected chi connectivity index (χ3v) is 2.72. The highest BCUT2D eigenvalue weighted by Gasteiger charge is 2.02. The second-order valence-electron chi connectivity index (χ2n) is 3.08. The Morgan fingerprint density at radius 3 is 3.24 bits per heavy atom. The number of thiazole rings is 1. The van der Waals surface area contributed by atoms with Crippen LogP contribution >= 0.6 is 11.3 Å². The Hall–Kier alpha value is -1.95. The van der Waals surface area contributed by atoms with Gasteiger partial charge in [-0.15, -0.1) is 16.3 Å². The van der Waals surface area contributed by atoms with Crippen molar-refractivity contribution in [2.24, 2.45) is 4.99 Å². The van der Waals surface area contributed by atoms with Crippen molar-refractivity contribution in [2.45, 2.75) is 6.92 Å².